The van der Waals surface area contributed by atoms with Crippen molar-refractivity contribution >= 4 is 138 Å². The minimum Gasteiger partial charge on any atom is -0.311 e. The number of hydrogen-bond donors (Lipinski definition) is 0. The van der Waals surface area contributed by atoms with Crippen LogP contribution >= 0.6 is 23.5 Å². The van der Waals surface area contributed by atoms with Crippen molar-refractivity contribution in [3.05, 3.63) is 388 Å². The lowest BCUT2D eigenvalue weighted by atomic mass is 9.31. The van der Waals surface area contributed by atoms with Crippen LogP contribution < -0.4 is 52.4 Å². The molecule has 0 aliphatic carbocycles. The van der Waals surface area contributed by atoms with Crippen molar-refractivity contribution in [1.29, 1.82) is 0 Å². The number of fused-ring (bicyclic) bond motifs is 8. The fraction of sp³-hybridized carbons (Fsp3) is 0. The lowest BCUT2D eigenvalue weighted by Gasteiger charge is -2.44. The fourth-order valence-electron chi connectivity index (χ4n) is 16.4. The Morgan fingerprint density at radius 1 is 0.202 bits per heavy atom. The van der Waals surface area contributed by atoms with Gasteiger partial charge in [-0.1, -0.05) is 314 Å². The van der Waals surface area contributed by atoms with E-state index in [-0.39, 0.29) is 13.4 Å². The highest BCUT2D eigenvalue weighted by Gasteiger charge is 2.47. The van der Waals surface area contributed by atoms with E-state index in [1.54, 1.807) is 0 Å². The molecule has 0 fully saturated rings. The van der Waals surface area contributed by atoms with Gasteiger partial charge in [0.05, 0.1) is 5.69 Å². The Kier molecular flexibility index (Phi) is 15.3. The van der Waals surface area contributed by atoms with E-state index in [0.717, 1.165) is 62.3 Å². The molecule has 0 unspecified atom stereocenters. The smallest absolute Gasteiger partial charge is 0.249 e. The van der Waals surface area contributed by atoms with Crippen LogP contribution in [0.2, 0.25) is 0 Å². The van der Waals surface area contributed by atoms with Crippen molar-refractivity contribution in [2.75, 3.05) is 19.6 Å². The maximum atomic E-state index is 2.65. The number of rotatable bonds is 13. The SMILES string of the molecule is c1ccc(-c2ccc(N(c3ccc(-c4ccccc4)cc3)c3cc4c5c(c3)N(c3ccccc3)c3ccccc3B5c3cc5c(cc3S4)N(c3ccccc3-c3ccccc3)c3cc(N(c4ccc(-c6ccccc6)cc4)c4ccc(-c6ccccc6)cc4)cc4c3B5c3ccccc3S4)cc2)cc1. The lowest BCUT2D eigenvalue weighted by molar-refractivity contribution is 1.22. The molecule has 0 N–H and O–H groups in total. The Balaban J connectivity index is 0.820. The molecule has 0 amide bonds. The van der Waals surface area contributed by atoms with Gasteiger partial charge in [-0.05, 0) is 181 Å². The maximum absolute atomic E-state index is 2.65. The van der Waals surface area contributed by atoms with Gasteiger partial charge < -0.3 is 19.6 Å². The predicted octanol–water partition coefficient (Wildman–Crippen LogP) is 22.5. The number of anilines is 12. The Labute approximate surface area is 616 Å². The molecular formula is C96H64B2N4S2. The van der Waals surface area contributed by atoms with Gasteiger partial charge in [-0.25, -0.2) is 0 Å². The lowest BCUT2D eigenvalue weighted by Crippen LogP contribution is -2.64. The molecule has 0 bridgehead atoms. The summed E-state index contributed by atoms with van der Waals surface area (Å²) >= 11 is 3.82. The number of nitrogens with zero attached hydrogens (tertiary/aromatic N) is 4. The van der Waals surface area contributed by atoms with Crippen molar-refractivity contribution in [3.8, 4) is 55.6 Å². The number of hydrogen-bond acceptors (Lipinski definition) is 6. The summed E-state index contributed by atoms with van der Waals surface area (Å²) in [5.74, 6) is 0. The van der Waals surface area contributed by atoms with Crippen LogP contribution in [-0.4, -0.2) is 13.4 Å². The van der Waals surface area contributed by atoms with Gasteiger partial charge in [-0.2, -0.15) is 0 Å². The van der Waals surface area contributed by atoms with Crippen molar-refractivity contribution in [1.82, 2.24) is 0 Å². The standard InChI is InChI=1S/C96H64B2N4S2/c1-7-25-65(26-8-1)69-43-51-75(52-44-69)99(76-53-45-70(46-54-76)66-27-9-2-10-28-66)79-59-89-95-94(62-79)104-92-64-88-84(63-85(92)97(95)82-38-20-23-41-87(82)101(89)74-35-17-6-18-36-74)98-83-39-21-24-42-91(83)103-93-61-80(60-90(96(93)98)102(88)86-40-22-19-37-81(86)73-33-15-5-16-34-73)100(77-55-47-71(48-56-77)67-29-11-3-12-30-67)78-57-49-72(50-58-78)68-31-13-4-14-32-68/h1-64H. The van der Waals surface area contributed by atoms with Crippen LogP contribution in [0.15, 0.2) is 408 Å². The van der Waals surface area contributed by atoms with E-state index >= 15 is 0 Å². The average molecular weight is 1360 g/mol. The van der Waals surface area contributed by atoms with Crippen LogP contribution in [0.1, 0.15) is 0 Å². The normalized spacial score (nSPS) is 12.7. The molecule has 16 aromatic carbocycles. The third-order valence-electron chi connectivity index (χ3n) is 21.1. The van der Waals surface area contributed by atoms with Gasteiger partial charge in [-0.15, -0.1) is 0 Å². The highest BCUT2D eigenvalue weighted by molar-refractivity contribution is 8.00. The first-order valence-corrected chi connectivity index (χ1v) is 37.3. The van der Waals surface area contributed by atoms with Gasteiger partial charge in [0, 0.05) is 87.7 Å². The molecule has 4 aliphatic rings. The monoisotopic (exact) mass is 1360 g/mol. The van der Waals surface area contributed by atoms with E-state index in [0.29, 0.717) is 0 Å². The second-order valence-corrected chi connectivity index (χ2v) is 29.2. The quantitative estimate of drug-likeness (QED) is 0.106. The average Bonchev–Trinajstić information content (AvgIpc) is 0.693. The summed E-state index contributed by atoms with van der Waals surface area (Å²) in [5, 5.41) is 0. The molecule has 4 heterocycles. The van der Waals surface area contributed by atoms with Crippen LogP contribution in [0, 0.1) is 0 Å². The second kappa shape index (κ2) is 25.9. The summed E-state index contributed by atoms with van der Waals surface area (Å²) in [6.07, 6.45) is 0. The van der Waals surface area contributed by atoms with E-state index in [2.05, 4.69) is 408 Å². The summed E-state index contributed by atoms with van der Waals surface area (Å²) in [6, 6.07) is 144. The van der Waals surface area contributed by atoms with Gasteiger partial charge in [0.1, 0.15) is 0 Å². The molecule has 0 saturated carbocycles. The molecule has 16 aromatic rings. The second-order valence-electron chi connectivity index (χ2n) is 27.1. The molecule has 486 valence electrons. The summed E-state index contributed by atoms with van der Waals surface area (Å²) in [6.45, 7) is -0.203. The van der Waals surface area contributed by atoms with Gasteiger partial charge in [0.2, 0.25) is 13.4 Å². The molecule has 0 radical (unpaired) electrons. The zero-order valence-electron chi connectivity index (χ0n) is 56.7. The zero-order chi connectivity index (χ0) is 68.6. The molecule has 0 spiro atoms. The molecule has 0 atom stereocenters. The van der Waals surface area contributed by atoms with E-state index in [1.165, 1.54) is 114 Å². The summed E-state index contributed by atoms with van der Waals surface area (Å²) in [5.41, 5.74) is 32.9. The Morgan fingerprint density at radius 3 is 1.03 bits per heavy atom. The third kappa shape index (κ3) is 10.7. The Bertz CT molecular complexity index is 5750. The van der Waals surface area contributed by atoms with E-state index < -0.39 is 0 Å². The highest BCUT2D eigenvalue weighted by Crippen LogP contribution is 2.52. The van der Waals surface area contributed by atoms with E-state index in [9.17, 15) is 0 Å². The first-order valence-electron chi connectivity index (χ1n) is 35.7. The molecular weight excluding hydrogens is 1290 g/mol. The van der Waals surface area contributed by atoms with Crippen LogP contribution in [0.5, 0.6) is 0 Å². The largest absolute Gasteiger partial charge is 0.311 e. The molecule has 20 rings (SSSR count). The van der Waals surface area contributed by atoms with E-state index in [4.69, 9.17) is 0 Å². The fourth-order valence-corrected chi connectivity index (χ4v) is 18.8. The number of para-hydroxylation sites is 3. The molecule has 4 aliphatic heterocycles. The van der Waals surface area contributed by atoms with Gasteiger partial charge in [0.15, 0.2) is 0 Å². The topological polar surface area (TPSA) is 13.0 Å². The minimum absolute atomic E-state index is 0.0984. The Morgan fingerprint density at radius 2 is 0.558 bits per heavy atom. The van der Waals surface area contributed by atoms with Crippen LogP contribution in [0.25, 0.3) is 55.6 Å². The van der Waals surface area contributed by atoms with Crippen LogP contribution in [0.3, 0.4) is 0 Å². The minimum atomic E-state index is -0.104. The first-order chi connectivity index (χ1) is 51.6. The Hall–Kier alpha value is -12.5. The van der Waals surface area contributed by atoms with Crippen molar-refractivity contribution in [2.24, 2.45) is 0 Å². The third-order valence-corrected chi connectivity index (χ3v) is 23.4. The summed E-state index contributed by atoms with van der Waals surface area (Å²) in [7, 11) is 0. The van der Waals surface area contributed by atoms with Crippen molar-refractivity contribution in [2.45, 2.75) is 19.6 Å². The number of benzene rings is 16. The summed E-state index contributed by atoms with van der Waals surface area (Å²) < 4.78 is 0. The van der Waals surface area contributed by atoms with Gasteiger partial charge in [0.25, 0.3) is 0 Å². The molecule has 8 heteroatoms. The predicted molar refractivity (Wildman–Crippen MR) is 443 cm³/mol. The van der Waals surface area contributed by atoms with Crippen LogP contribution in [0.4, 0.5) is 68.2 Å². The van der Waals surface area contributed by atoms with Crippen LogP contribution in [-0.2, 0) is 0 Å². The zero-order valence-corrected chi connectivity index (χ0v) is 58.3. The highest BCUT2D eigenvalue weighted by atomic mass is 32.2. The maximum Gasteiger partial charge on any atom is 0.249 e. The molecule has 4 nitrogen and oxygen atoms in total. The van der Waals surface area contributed by atoms with Crippen molar-refractivity contribution < 1.29 is 0 Å². The first kappa shape index (κ1) is 61.4. The molecule has 104 heavy (non-hydrogen) atoms. The molecule has 0 saturated heterocycles. The summed E-state index contributed by atoms with van der Waals surface area (Å²) in [4.78, 5) is 15.1. The molecule has 0 aromatic heterocycles. The van der Waals surface area contributed by atoms with Crippen molar-refractivity contribution in [3.63, 3.8) is 0 Å². The van der Waals surface area contributed by atoms with Gasteiger partial charge in [-0.3, -0.25) is 0 Å². The van der Waals surface area contributed by atoms with Gasteiger partial charge >= 0.3 is 0 Å². The van der Waals surface area contributed by atoms with E-state index in [1.807, 2.05) is 23.5 Å².